The fraction of sp³-hybridized carbons (Fsp3) is 0.320. The zero-order chi connectivity index (χ0) is 21.3. The number of para-hydroxylation sites is 1. The summed E-state index contributed by atoms with van der Waals surface area (Å²) >= 11 is 1.61. The minimum atomic E-state index is -0.150. The van der Waals surface area contributed by atoms with E-state index in [0.29, 0.717) is 0 Å². The molecule has 4 rings (SSSR count). The highest BCUT2D eigenvalue weighted by Crippen LogP contribution is 2.41. The third-order valence-electron chi connectivity index (χ3n) is 5.77. The van der Waals surface area contributed by atoms with Crippen LogP contribution in [0.4, 0.5) is 5.69 Å². The van der Waals surface area contributed by atoms with Gasteiger partial charge in [-0.2, -0.15) is 0 Å². The van der Waals surface area contributed by atoms with E-state index in [-0.39, 0.29) is 5.91 Å². The average molecular weight is 422 g/mol. The van der Waals surface area contributed by atoms with Crippen molar-refractivity contribution in [1.29, 1.82) is 0 Å². The van der Waals surface area contributed by atoms with Crippen LogP contribution in [0.1, 0.15) is 42.2 Å². The number of benzene rings is 2. The van der Waals surface area contributed by atoms with Crippen LogP contribution in [0.15, 0.2) is 45.7 Å². The minimum absolute atomic E-state index is 0.150. The van der Waals surface area contributed by atoms with Gasteiger partial charge in [-0.15, -0.1) is 11.8 Å². The number of rotatable bonds is 5. The Labute approximate surface area is 181 Å². The molecule has 30 heavy (non-hydrogen) atoms. The lowest BCUT2D eigenvalue weighted by Gasteiger charge is -2.14. The molecule has 1 aliphatic carbocycles. The molecule has 0 saturated carbocycles. The largest absolute Gasteiger partial charge is 0.496 e. The van der Waals surface area contributed by atoms with Crippen molar-refractivity contribution in [2.24, 2.45) is 0 Å². The molecule has 0 unspecified atom stereocenters. The minimum Gasteiger partial charge on any atom is -0.496 e. The molecule has 2 aromatic carbocycles. The Kier molecular flexibility index (Phi) is 5.91. The van der Waals surface area contributed by atoms with Gasteiger partial charge in [0.15, 0.2) is 0 Å². The number of aryl methyl sites for hydroxylation is 3. The molecular weight excluding hydrogens is 394 g/mol. The highest BCUT2D eigenvalue weighted by Gasteiger charge is 2.23. The lowest BCUT2D eigenvalue weighted by molar-refractivity contribution is -0.111. The normalized spacial score (nSPS) is 13.9. The SMILES string of the molecule is COc1c(/C(C)=C/C(=O)Nc2ccccc2SC)cc2c3c(oc2c1C)CCCC3. The Hall–Kier alpha value is -2.66. The van der Waals surface area contributed by atoms with Crippen molar-refractivity contribution < 1.29 is 13.9 Å². The Morgan fingerprint density at radius 1 is 1.23 bits per heavy atom. The molecule has 0 saturated heterocycles. The number of amides is 1. The van der Waals surface area contributed by atoms with E-state index in [1.807, 2.05) is 44.4 Å². The van der Waals surface area contributed by atoms with Crippen molar-refractivity contribution in [3.8, 4) is 5.75 Å². The van der Waals surface area contributed by atoms with Crippen LogP contribution >= 0.6 is 11.8 Å². The van der Waals surface area contributed by atoms with Crippen molar-refractivity contribution in [1.82, 2.24) is 0 Å². The number of carbonyl (C=O) groups is 1. The van der Waals surface area contributed by atoms with Gasteiger partial charge in [-0.3, -0.25) is 4.79 Å². The Balaban J connectivity index is 1.73. The van der Waals surface area contributed by atoms with Crippen LogP contribution in [0.2, 0.25) is 0 Å². The summed E-state index contributed by atoms with van der Waals surface area (Å²) in [4.78, 5) is 13.8. The number of thioether (sulfide) groups is 1. The molecule has 3 aromatic rings. The van der Waals surface area contributed by atoms with Crippen molar-refractivity contribution in [2.45, 2.75) is 44.4 Å². The number of fused-ring (bicyclic) bond motifs is 3. The fourth-order valence-corrected chi connectivity index (χ4v) is 4.84. The van der Waals surface area contributed by atoms with Gasteiger partial charge in [-0.25, -0.2) is 0 Å². The first-order valence-electron chi connectivity index (χ1n) is 10.3. The zero-order valence-electron chi connectivity index (χ0n) is 17.9. The number of methoxy groups -OCH3 is 1. The van der Waals surface area contributed by atoms with Gasteiger partial charge in [0, 0.05) is 39.5 Å². The van der Waals surface area contributed by atoms with Gasteiger partial charge < -0.3 is 14.5 Å². The Morgan fingerprint density at radius 2 is 2.00 bits per heavy atom. The quantitative estimate of drug-likeness (QED) is 0.383. The van der Waals surface area contributed by atoms with Crippen LogP contribution < -0.4 is 10.1 Å². The summed E-state index contributed by atoms with van der Waals surface area (Å²) in [5.41, 5.74) is 5.83. The molecule has 1 N–H and O–H groups in total. The van der Waals surface area contributed by atoms with Gasteiger partial charge in [0.25, 0.3) is 0 Å². The third-order valence-corrected chi connectivity index (χ3v) is 6.56. The standard InChI is InChI=1S/C25H27NO3S/c1-15(13-23(27)26-20-10-6-8-12-22(20)30-4)18-14-19-17-9-5-7-11-21(17)29-25(19)16(2)24(18)28-3/h6,8,10,12-14H,5,7,9,11H2,1-4H3,(H,26,27)/b15-13+. The van der Waals surface area contributed by atoms with Gasteiger partial charge in [0.05, 0.1) is 12.8 Å². The van der Waals surface area contributed by atoms with Crippen molar-refractivity contribution >= 4 is 39.9 Å². The van der Waals surface area contributed by atoms with Crippen molar-refractivity contribution in [2.75, 3.05) is 18.7 Å². The van der Waals surface area contributed by atoms with Gasteiger partial charge in [-0.1, -0.05) is 12.1 Å². The number of anilines is 1. The van der Waals surface area contributed by atoms with E-state index >= 15 is 0 Å². The maximum absolute atomic E-state index is 12.7. The lowest BCUT2D eigenvalue weighted by atomic mass is 9.93. The predicted octanol–water partition coefficient (Wildman–Crippen LogP) is 6.39. The molecule has 1 amide bonds. The molecule has 1 heterocycles. The molecule has 0 atom stereocenters. The lowest BCUT2D eigenvalue weighted by Crippen LogP contribution is -2.09. The molecule has 1 aromatic heterocycles. The molecule has 0 aliphatic heterocycles. The summed E-state index contributed by atoms with van der Waals surface area (Å²) in [5, 5.41) is 4.15. The number of ether oxygens (including phenoxy) is 1. The topological polar surface area (TPSA) is 51.5 Å². The Bertz CT molecular complexity index is 1140. The first-order valence-corrected chi connectivity index (χ1v) is 11.5. The zero-order valence-corrected chi connectivity index (χ0v) is 18.7. The number of nitrogens with one attached hydrogen (secondary N) is 1. The van der Waals surface area contributed by atoms with E-state index < -0.39 is 0 Å². The summed E-state index contributed by atoms with van der Waals surface area (Å²) < 4.78 is 11.9. The van der Waals surface area contributed by atoms with E-state index in [1.54, 1.807) is 24.9 Å². The van der Waals surface area contributed by atoms with Crippen LogP contribution in [-0.2, 0) is 17.6 Å². The van der Waals surface area contributed by atoms with Crippen LogP contribution in [0.25, 0.3) is 16.5 Å². The molecule has 4 nitrogen and oxygen atoms in total. The second kappa shape index (κ2) is 8.60. The summed E-state index contributed by atoms with van der Waals surface area (Å²) in [5.74, 6) is 1.72. The molecule has 0 spiro atoms. The van der Waals surface area contributed by atoms with Crippen LogP contribution in [0, 0.1) is 6.92 Å². The second-order valence-electron chi connectivity index (χ2n) is 7.69. The van der Waals surface area contributed by atoms with Crippen LogP contribution in [-0.4, -0.2) is 19.3 Å². The third kappa shape index (κ3) is 3.74. The van der Waals surface area contributed by atoms with Gasteiger partial charge in [0.1, 0.15) is 17.1 Å². The molecular formula is C25H27NO3S. The molecule has 0 radical (unpaired) electrons. The maximum atomic E-state index is 12.7. The molecule has 0 bridgehead atoms. The maximum Gasteiger partial charge on any atom is 0.248 e. The average Bonchev–Trinajstić information content (AvgIpc) is 3.13. The highest BCUT2D eigenvalue weighted by atomic mass is 32.2. The van der Waals surface area contributed by atoms with Crippen LogP contribution in [0.5, 0.6) is 5.75 Å². The van der Waals surface area contributed by atoms with E-state index in [4.69, 9.17) is 9.15 Å². The van der Waals surface area contributed by atoms with E-state index in [0.717, 1.165) is 62.6 Å². The van der Waals surface area contributed by atoms with E-state index in [1.165, 1.54) is 18.4 Å². The fourth-order valence-electron chi connectivity index (χ4n) is 4.28. The van der Waals surface area contributed by atoms with Crippen LogP contribution in [0.3, 0.4) is 0 Å². The summed E-state index contributed by atoms with van der Waals surface area (Å²) in [6.45, 7) is 3.98. The van der Waals surface area contributed by atoms with Gasteiger partial charge in [-0.05, 0) is 63.1 Å². The van der Waals surface area contributed by atoms with Gasteiger partial charge >= 0.3 is 0 Å². The van der Waals surface area contributed by atoms with Crippen molar-refractivity contribution in [3.05, 3.63) is 58.9 Å². The monoisotopic (exact) mass is 421 g/mol. The highest BCUT2D eigenvalue weighted by molar-refractivity contribution is 7.98. The van der Waals surface area contributed by atoms with E-state index in [2.05, 4.69) is 11.4 Å². The number of allylic oxidation sites excluding steroid dienone is 1. The first-order chi connectivity index (χ1) is 14.5. The summed E-state index contributed by atoms with van der Waals surface area (Å²) in [7, 11) is 1.67. The summed E-state index contributed by atoms with van der Waals surface area (Å²) in [6, 6.07) is 9.94. The molecule has 156 valence electrons. The molecule has 5 heteroatoms. The molecule has 1 aliphatic rings. The number of hydrogen-bond acceptors (Lipinski definition) is 4. The number of hydrogen-bond donors (Lipinski definition) is 1. The second-order valence-corrected chi connectivity index (χ2v) is 8.53. The van der Waals surface area contributed by atoms with E-state index in [9.17, 15) is 4.79 Å². The molecule has 0 fully saturated rings. The predicted molar refractivity (Wildman–Crippen MR) is 125 cm³/mol. The number of carbonyl (C=O) groups excluding carboxylic acids is 1. The Morgan fingerprint density at radius 3 is 2.77 bits per heavy atom. The first kappa shape index (κ1) is 20.6. The summed E-state index contributed by atoms with van der Waals surface area (Å²) in [6.07, 6.45) is 8.04. The van der Waals surface area contributed by atoms with Gasteiger partial charge in [0.2, 0.25) is 5.91 Å². The van der Waals surface area contributed by atoms with Crippen molar-refractivity contribution in [3.63, 3.8) is 0 Å². The number of furan rings is 1. The smallest absolute Gasteiger partial charge is 0.248 e.